The summed E-state index contributed by atoms with van der Waals surface area (Å²) in [4.78, 5) is 54.7. The Hall–Kier alpha value is -2.21. The Kier molecular flexibility index (Phi) is 10.7. The van der Waals surface area contributed by atoms with E-state index in [2.05, 4.69) is 10.0 Å². The van der Waals surface area contributed by atoms with Gasteiger partial charge >= 0.3 is 5.97 Å². The number of likely N-dealkylation sites (tertiary alicyclic amines) is 2. The lowest BCUT2D eigenvalue weighted by molar-refractivity contribution is -0.152. The lowest BCUT2D eigenvalue weighted by Crippen LogP contribution is -2.60. The molecule has 12 heteroatoms. The summed E-state index contributed by atoms with van der Waals surface area (Å²) in [6.07, 6.45) is 3.14. The molecule has 0 aromatic rings. The zero-order valence-electron chi connectivity index (χ0n) is 22.0. The van der Waals surface area contributed by atoms with E-state index < -0.39 is 52.0 Å². The highest BCUT2D eigenvalue weighted by Gasteiger charge is 2.44. The molecular formula is C24H42N4O7S. The van der Waals surface area contributed by atoms with Crippen molar-refractivity contribution in [2.45, 2.75) is 97.3 Å². The Bertz CT molecular complexity index is 925. The number of sulfonamides is 1. The predicted octanol–water partition coefficient (Wildman–Crippen LogP) is 0.938. The summed E-state index contributed by atoms with van der Waals surface area (Å²) in [6, 6.07) is -3.63. The largest absolute Gasteiger partial charge is 0.480 e. The maximum absolute atomic E-state index is 13.7. The molecule has 2 heterocycles. The molecule has 0 bridgehead atoms. The van der Waals surface area contributed by atoms with Crippen LogP contribution >= 0.6 is 0 Å². The average molecular weight is 531 g/mol. The van der Waals surface area contributed by atoms with Gasteiger partial charge in [0.25, 0.3) is 0 Å². The average Bonchev–Trinajstić information content (AvgIpc) is 3.54. The first-order valence-corrected chi connectivity index (χ1v) is 14.7. The van der Waals surface area contributed by atoms with Crippen molar-refractivity contribution in [2.75, 3.05) is 18.8 Å². The Morgan fingerprint density at radius 3 is 1.94 bits per heavy atom. The number of carbonyl (C=O) groups is 4. The highest BCUT2D eigenvalue weighted by atomic mass is 32.2. The van der Waals surface area contributed by atoms with Crippen LogP contribution in [0.3, 0.4) is 0 Å². The number of carbonyl (C=O) groups excluding carboxylic acids is 3. The fraction of sp³-hybridized carbons (Fsp3) is 0.833. The summed E-state index contributed by atoms with van der Waals surface area (Å²) < 4.78 is 26.9. The quantitative estimate of drug-likeness (QED) is 0.339. The lowest BCUT2D eigenvalue weighted by Gasteiger charge is -2.34. The molecule has 36 heavy (non-hydrogen) atoms. The zero-order chi connectivity index (χ0) is 27.2. The van der Waals surface area contributed by atoms with Crippen LogP contribution < -0.4 is 10.0 Å². The van der Waals surface area contributed by atoms with Gasteiger partial charge in [0, 0.05) is 13.1 Å². The van der Waals surface area contributed by atoms with Gasteiger partial charge in [-0.2, -0.15) is 0 Å². The van der Waals surface area contributed by atoms with Crippen LogP contribution in [0.5, 0.6) is 0 Å². The van der Waals surface area contributed by atoms with Gasteiger partial charge in [0.15, 0.2) is 0 Å². The number of rotatable bonds is 12. The van der Waals surface area contributed by atoms with Crippen LogP contribution in [0.2, 0.25) is 0 Å². The Labute approximate surface area is 214 Å². The fourth-order valence-electron chi connectivity index (χ4n) is 4.81. The summed E-state index contributed by atoms with van der Waals surface area (Å²) in [5.41, 5.74) is 0. The molecule has 3 amide bonds. The van der Waals surface area contributed by atoms with Crippen LogP contribution in [-0.2, 0) is 29.2 Å². The van der Waals surface area contributed by atoms with E-state index in [-0.39, 0.29) is 23.5 Å². The van der Waals surface area contributed by atoms with Gasteiger partial charge in [0.2, 0.25) is 27.7 Å². The number of carboxylic acid groups (broad SMARTS) is 1. The van der Waals surface area contributed by atoms with Gasteiger partial charge in [-0.05, 0) is 44.4 Å². The van der Waals surface area contributed by atoms with Gasteiger partial charge in [-0.15, -0.1) is 0 Å². The fourth-order valence-corrected chi connectivity index (χ4v) is 5.70. The van der Waals surface area contributed by atoms with Crippen LogP contribution in [0.25, 0.3) is 0 Å². The van der Waals surface area contributed by atoms with Crippen molar-refractivity contribution in [1.29, 1.82) is 0 Å². The summed E-state index contributed by atoms with van der Waals surface area (Å²) in [5, 5.41) is 12.3. The van der Waals surface area contributed by atoms with Crippen molar-refractivity contribution in [3.63, 3.8) is 0 Å². The molecule has 0 spiro atoms. The second-order valence-electron chi connectivity index (χ2n) is 9.97. The molecule has 0 radical (unpaired) electrons. The Balaban J connectivity index is 2.26. The smallest absolute Gasteiger partial charge is 0.326 e. The van der Waals surface area contributed by atoms with Crippen LogP contribution in [0, 0.1) is 11.8 Å². The zero-order valence-corrected chi connectivity index (χ0v) is 22.8. The van der Waals surface area contributed by atoms with E-state index in [0.717, 1.165) is 0 Å². The minimum atomic E-state index is -3.66. The highest BCUT2D eigenvalue weighted by Crippen LogP contribution is 2.27. The van der Waals surface area contributed by atoms with Gasteiger partial charge < -0.3 is 20.2 Å². The molecule has 3 N–H and O–H groups in total. The van der Waals surface area contributed by atoms with E-state index in [9.17, 15) is 32.7 Å². The normalized spacial score (nSPS) is 23.7. The van der Waals surface area contributed by atoms with Gasteiger partial charge in [-0.3, -0.25) is 14.4 Å². The van der Waals surface area contributed by atoms with Crippen LogP contribution in [-0.4, -0.2) is 90.0 Å². The van der Waals surface area contributed by atoms with Crippen molar-refractivity contribution >= 4 is 33.7 Å². The minimum Gasteiger partial charge on any atom is -0.480 e. The molecule has 2 fully saturated rings. The number of amides is 3. The van der Waals surface area contributed by atoms with Crippen molar-refractivity contribution in [3.8, 4) is 0 Å². The molecular weight excluding hydrogens is 488 g/mol. The number of nitrogens with zero attached hydrogens (tertiary/aromatic N) is 2. The maximum atomic E-state index is 13.7. The molecule has 0 aromatic heterocycles. The first-order chi connectivity index (χ1) is 16.9. The molecule has 6 atom stereocenters. The minimum absolute atomic E-state index is 0.174. The first kappa shape index (κ1) is 30.0. The first-order valence-electron chi connectivity index (χ1n) is 13.0. The molecule has 0 aliphatic carbocycles. The molecule has 0 aromatic carbocycles. The molecule has 206 valence electrons. The van der Waals surface area contributed by atoms with Gasteiger partial charge in [0.1, 0.15) is 24.2 Å². The molecule has 2 rings (SSSR count). The second-order valence-corrected chi connectivity index (χ2v) is 12.0. The van der Waals surface area contributed by atoms with E-state index in [1.807, 2.05) is 20.8 Å². The Morgan fingerprint density at radius 1 is 0.889 bits per heavy atom. The highest BCUT2D eigenvalue weighted by molar-refractivity contribution is 7.89. The maximum Gasteiger partial charge on any atom is 0.326 e. The number of carboxylic acids is 1. The van der Waals surface area contributed by atoms with Crippen molar-refractivity contribution in [2.24, 2.45) is 11.8 Å². The Morgan fingerprint density at radius 2 is 1.42 bits per heavy atom. The summed E-state index contributed by atoms with van der Waals surface area (Å²) in [5.74, 6) is -3.14. The molecule has 2 aliphatic rings. The monoisotopic (exact) mass is 530 g/mol. The SMILES string of the molecule is CC[C@H](C)[C@H](NS(=O)(=O)CC)C(=O)N[C@H](C(=O)N1CCC[C@H]1C(=O)N1CCC[C@H]1C(=O)O)[C@@H](C)CC. The van der Waals surface area contributed by atoms with Crippen LogP contribution in [0.1, 0.15) is 73.1 Å². The van der Waals surface area contributed by atoms with E-state index in [0.29, 0.717) is 51.6 Å². The standard InChI is InChI=1S/C24H42N4O7S/c1-6-15(4)19(26-36(34,35)8-3)21(29)25-20(16(5)7-2)23(31)27-13-9-11-17(27)22(30)28-14-10-12-18(28)24(32)33/h15-20,26H,6-14H2,1-5H3,(H,25,29)(H,32,33)/t15-,16-,17-,18-,19-,20-/m0/s1. The van der Waals surface area contributed by atoms with Gasteiger partial charge in [-0.25, -0.2) is 17.9 Å². The van der Waals surface area contributed by atoms with Crippen LogP contribution in [0.4, 0.5) is 0 Å². The van der Waals surface area contributed by atoms with E-state index in [1.54, 1.807) is 6.92 Å². The third-order valence-corrected chi connectivity index (χ3v) is 8.97. The molecule has 0 unspecified atom stereocenters. The molecule has 11 nitrogen and oxygen atoms in total. The summed E-state index contributed by atoms with van der Waals surface area (Å²) >= 11 is 0. The third-order valence-electron chi connectivity index (χ3n) is 7.60. The van der Waals surface area contributed by atoms with E-state index in [1.165, 1.54) is 16.7 Å². The van der Waals surface area contributed by atoms with Crippen LogP contribution in [0.15, 0.2) is 0 Å². The third kappa shape index (κ3) is 6.96. The van der Waals surface area contributed by atoms with Gasteiger partial charge in [-0.1, -0.05) is 40.5 Å². The van der Waals surface area contributed by atoms with Crippen molar-refractivity contribution in [3.05, 3.63) is 0 Å². The molecule has 2 aliphatic heterocycles. The lowest BCUT2D eigenvalue weighted by atomic mass is 9.95. The van der Waals surface area contributed by atoms with Gasteiger partial charge in [0.05, 0.1) is 5.75 Å². The number of nitrogens with one attached hydrogen (secondary N) is 2. The van der Waals surface area contributed by atoms with Crippen molar-refractivity contribution in [1.82, 2.24) is 19.8 Å². The predicted molar refractivity (Wildman–Crippen MR) is 134 cm³/mol. The summed E-state index contributed by atoms with van der Waals surface area (Å²) in [6.45, 7) is 9.49. The number of hydrogen-bond donors (Lipinski definition) is 3. The number of hydrogen-bond acceptors (Lipinski definition) is 6. The molecule has 0 saturated carbocycles. The number of aliphatic carboxylic acids is 1. The topological polar surface area (TPSA) is 153 Å². The van der Waals surface area contributed by atoms with E-state index in [4.69, 9.17) is 0 Å². The van der Waals surface area contributed by atoms with E-state index >= 15 is 0 Å². The second kappa shape index (κ2) is 12.8. The summed E-state index contributed by atoms with van der Waals surface area (Å²) in [7, 11) is -3.66. The molecule has 2 saturated heterocycles. The van der Waals surface area contributed by atoms with Crippen molar-refractivity contribution < 1.29 is 32.7 Å².